The second kappa shape index (κ2) is 4.46. The zero-order chi connectivity index (χ0) is 13.6. The van der Waals surface area contributed by atoms with Crippen molar-refractivity contribution >= 4 is 23.3 Å². The monoisotopic (exact) mass is 275 g/mol. The summed E-state index contributed by atoms with van der Waals surface area (Å²) in [5.41, 5.74) is 3.95. The van der Waals surface area contributed by atoms with Gasteiger partial charge >= 0.3 is 0 Å². The molecule has 3 rings (SSSR count). The number of imidazole rings is 1. The molecule has 3 nitrogen and oxygen atoms in total. The van der Waals surface area contributed by atoms with E-state index in [-0.39, 0.29) is 5.54 Å². The van der Waals surface area contributed by atoms with Crippen LogP contribution in [0.3, 0.4) is 0 Å². The van der Waals surface area contributed by atoms with Crippen molar-refractivity contribution in [2.24, 2.45) is 0 Å². The predicted octanol–water partition coefficient (Wildman–Crippen LogP) is 3.49. The van der Waals surface area contributed by atoms with E-state index in [1.165, 1.54) is 30.3 Å². The second-order valence-corrected chi connectivity index (χ2v) is 6.40. The Balaban J connectivity index is 2.07. The summed E-state index contributed by atoms with van der Waals surface area (Å²) in [5, 5.41) is 0. The summed E-state index contributed by atoms with van der Waals surface area (Å²) in [4.78, 5) is 5.69. The van der Waals surface area contributed by atoms with Crippen LogP contribution in [0.5, 0.6) is 0 Å². The average molecular weight is 275 g/mol. The first-order chi connectivity index (χ1) is 9.02. The number of aromatic amines is 1. The molecule has 102 valence electrons. The molecule has 0 bridgehead atoms. The third-order valence-corrected chi connectivity index (χ3v) is 4.94. The van der Waals surface area contributed by atoms with Crippen molar-refractivity contribution < 1.29 is 0 Å². The highest BCUT2D eigenvalue weighted by molar-refractivity contribution is 7.71. The van der Waals surface area contributed by atoms with Crippen LogP contribution in [0.25, 0.3) is 11.0 Å². The van der Waals surface area contributed by atoms with E-state index in [1.807, 2.05) is 0 Å². The molecular weight excluding hydrogens is 254 g/mol. The lowest BCUT2D eigenvalue weighted by atomic mass is 9.75. The predicted molar refractivity (Wildman–Crippen MR) is 82.1 cm³/mol. The number of fused-ring (bicyclic) bond motifs is 1. The van der Waals surface area contributed by atoms with E-state index in [4.69, 9.17) is 12.2 Å². The lowest BCUT2D eigenvalue weighted by molar-refractivity contribution is 0.0431. The van der Waals surface area contributed by atoms with Gasteiger partial charge in [0.25, 0.3) is 0 Å². The van der Waals surface area contributed by atoms with Crippen molar-refractivity contribution in [3.63, 3.8) is 0 Å². The van der Waals surface area contributed by atoms with Crippen molar-refractivity contribution in [3.05, 3.63) is 28.5 Å². The highest BCUT2D eigenvalue weighted by Gasteiger charge is 2.39. The minimum Gasteiger partial charge on any atom is -0.331 e. The minimum atomic E-state index is 0.289. The molecule has 1 N–H and O–H groups in total. The molecule has 1 aliphatic rings. The lowest BCUT2D eigenvalue weighted by Gasteiger charge is -2.47. The Bertz CT molecular complexity index is 662. The van der Waals surface area contributed by atoms with E-state index in [0.717, 1.165) is 16.8 Å². The molecule has 0 aliphatic heterocycles. The molecule has 19 heavy (non-hydrogen) atoms. The third-order valence-electron chi connectivity index (χ3n) is 4.62. The number of rotatable bonds is 3. The van der Waals surface area contributed by atoms with Gasteiger partial charge in [-0.25, -0.2) is 0 Å². The standard InChI is InChI=1S/C15H21N3S/c1-11-5-6-12-13(9-11)18(14(19)16-12)10-15(17(2)3)7-4-8-15/h5-6,9H,4,7-8,10H2,1-3H3,(H,16,19). The largest absolute Gasteiger partial charge is 0.331 e. The van der Waals surface area contributed by atoms with Gasteiger partial charge in [0.15, 0.2) is 4.77 Å². The molecule has 0 amide bonds. The van der Waals surface area contributed by atoms with Crippen LogP contribution in [0.15, 0.2) is 18.2 Å². The summed E-state index contributed by atoms with van der Waals surface area (Å²) < 4.78 is 3.12. The molecule has 0 saturated heterocycles. The SMILES string of the molecule is Cc1ccc2[nH]c(=S)n(CC3(N(C)C)CCC3)c2c1. The molecule has 2 aromatic rings. The molecule has 1 saturated carbocycles. The topological polar surface area (TPSA) is 24.0 Å². The number of aromatic nitrogens is 2. The van der Waals surface area contributed by atoms with Gasteiger partial charge in [-0.15, -0.1) is 0 Å². The Morgan fingerprint density at radius 3 is 2.68 bits per heavy atom. The Kier molecular flexibility index (Phi) is 3.02. The molecule has 1 aromatic carbocycles. The Morgan fingerprint density at radius 1 is 1.37 bits per heavy atom. The first kappa shape index (κ1) is 12.9. The van der Waals surface area contributed by atoms with Gasteiger partial charge in [-0.3, -0.25) is 0 Å². The van der Waals surface area contributed by atoms with E-state index < -0.39 is 0 Å². The van der Waals surface area contributed by atoms with Gasteiger partial charge in [-0.2, -0.15) is 0 Å². The Hall–Kier alpha value is -1.13. The van der Waals surface area contributed by atoms with Crippen molar-refractivity contribution in [2.75, 3.05) is 14.1 Å². The maximum absolute atomic E-state index is 5.51. The van der Waals surface area contributed by atoms with Crippen molar-refractivity contribution in [1.82, 2.24) is 14.5 Å². The van der Waals surface area contributed by atoms with E-state index >= 15 is 0 Å². The van der Waals surface area contributed by atoms with E-state index in [2.05, 4.69) is 53.7 Å². The number of benzene rings is 1. The molecule has 1 heterocycles. The quantitative estimate of drug-likeness (QED) is 0.867. The zero-order valence-electron chi connectivity index (χ0n) is 11.9. The van der Waals surface area contributed by atoms with Crippen molar-refractivity contribution in [1.29, 1.82) is 0 Å². The van der Waals surface area contributed by atoms with Crippen LogP contribution in [0.1, 0.15) is 24.8 Å². The maximum Gasteiger partial charge on any atom is 0.178 e. The first-order valence-electron chi connectivity index (χ1n) is 6.88. The maximum atomic E-state index is 5.51. The fourth-order valence-electron chi connectivity index (χ4n) is 3.05. The van der Waals surface area contributed by atoms with Gasteiger partial charge in [-0.05, 0) is 70.2 Å². The number of nitrogens with one attached hydrogen (secondary N) is 1. The highest BCUT2D eigenvalue weighted by atomic mass is 32.1. The number of nitrogens with zero attached hydrogens (tertiary/aromatic N) is 2. The summed E-state index contributed by atoms with van der Waals surface area (Å²) in [5.74, 6) is 0. The molecular formula is C15H21N3S. The van der Waals surface area contributed by atoms with Crippen LogP contribution in [-0.2, 0) is 6.54 Å². The van der Waals surface area contributed by atoms with Gasteiger partial charge in [0.1, 0.15) is 0 Å². The van der Waals surface area contributed by atoms with Gasteiger partial charge < -0.3 is 14.5 Å². The summed E-state index contributed by atoms with van der Waals surface area (Å²) in [7, 11) is 4.37. The number of H-pyrrole nitrogens is 1. The zero-order valence-corrected chi connectivity index (χ0v) is 12.7. The number of hydrogen-bond donors (Lipinski definition) is 1. The number of hydrogen-bond acceptors (Lipinski definition) is 2. The fraction of sp³-hybridized carbons (Fsp3) is 0.533. The summed E-state index contributed by atoms with van der Waals surface area (Å²) in [6, 6.07) is 6.48. The molecule has 0 unspecified atom stereocenters. The smallest absolute Gasteiger partial charge is 0.178 e. The lowest BCUT2D eigenvalue weighted by Crippen LogP contribution is -2.53. The van der Waals surface area contributed by atoms with Crippen LogP contribution < -0.4 is 0 Å². The summed E-state index contributed by atoms with van der Waals surface area (Å²) in [6.07, 6.45) is 3.85. The number of likely N-dealkylation sites (N-methyl/N-ethyl adjacent to an activating group) is 1. The second-order valence-electron chi connectivity index (χ2n) is 6.01. The molecule has 1 fully saturated rings. The molecule has 0 radical (unpaired) electrons. The van der Waals surface area contributed by atoms with Crippen LogP contribution in [0.2, 0.25) is 0 Å². The molecule has 1 aromatic heterocycles. The Labute approximate surface area is 119 Å². The van der Waals surface area contributed by atoms with E-state index in [1.54, 1.807) is 0 Å². The molecule has 4 heteroatoms. The van der Waals surface area contributed by atoms with Crippen molar-refractivity contribution in [3.8, 4) is 0 Å². The minimum absolute atomic E-state index is 0.289. The average Bonchev–Trinajstić information content (AvgIpc) is 2.59. The molecule has 0 atom stereocenters. The van der Waals surface area contributed by atoms with E-state index in [9.17, 15) is 0 Å². The van der Waals surface area contributed by atoms with Crippen LogP contribution in [0.4, 0.5) is 0 Å². The molecule has 1 aliphatic carbocycles. The van der Waals surface area contributed by atoms with Gasteiger partial charge in [0.2, 0.25) is 0 Å². The van der Waals surface area contributed by atoms with Gasteiger partial charge in [0, 0.05) is 12.1 Å². The fourth-order valence-corrected chi connectivity index (χ4v) is 3.32. The van der Waals surface area contributed by atoms with Crippen LogP contribution in [0, 0.1) is 11.7 Å². The third kappa shape index (κ3) is 2.03. The van der Waals surface area contributed by atoms with E-state index in [0.29, 0.717) is 0 Å². The first-order valence-corrected chi connectivity index (χ1v) is 7.29. The molecule has 0 spiro atoms. The summed E-state index contributed by atoms with van der Waals surface area (Å²) >= 11 is 5.51. The normalized spacial score (nSPS) is 17.9. The summed E-state index contributed by atoms with van der Waals surface area (Å²) in [6.45, 7) is 3.12. The number of aryl methyl sites for hydroxylation is 1. The van der Waals surface area contributed by atoms with Gasteiger partial charge in [-0.1, -0.05) is 6.07 Å². The van der Waals surface area contributed by atoms with Crippen LogP contribution in [-0.4, -0.2) is 34.1 Å². The Morgan fingerprint density at radius 2 is 2.11 bits per heavy atom. The van der Waals surface area contributed by atoms with Crippen LogP contribution >= 0.6 is 12.2 Å². The van der Waals surface area contributed by atoms with Crippen molar-refractivity contribution in [2.45, 2.75) is 38.3 Å². The van der Waals surface area contributed by atoms with Gasteiger partial charge in [0.05, 0.1) is 11.0 Å². The highest BCUT2D eigenvalue weighted by Crippen LogP contribution is 2.38.